The molecule has 0 unspecified atom stereocenters. The van der Waals surface area contributed by atoms with Crippen LogP contribution in [-0.4, -0.2) is 80.4 Å². The van der Waals surface area contributed by atoms with Crippen LogP contribution in [0.1, 0.15) is 16.6 Å². The smallest absolute Gasteiger partial charge is 0.409 e. The van der Waals surface area contributed by atoms with Crippen LogP contribution in [0.25, 0.3) is 10.4 Å². The third-order valence-electron chi connectivity index (χ3n) is 5.12. The van der Waals surface area contributed by atoms with E-state index in [4.69, 9.17) is 18.9 Å². The molecule has 0 spiro atoms. The number of hydrogen-bond donors (Lipinski definition) is 0. The molecule has 4 rings (SSSR count). The van der Waals surface area contributed by atoms with Crippen molar-refractivity contribution in [3.63, 3.8) is 0 Å². The molecule has 1 saturated heterocycles. The van der Waals surface area contributed by atoms with E-state index >= 15 is 0 Å². The molecule has 2 amide bonds. The minimum absolute atomic E-state index is 0.287. The zero-order valence-corrected chi connectivity index (χ0v) is 18.5. The molecule has 0 N–H and O–H groups in total. The van der Waals surface area contributed by atoms with Crippen molar-refractivity contribution in [2.45, 2.75) is 6.92 Å². The number of benzene rings is 1. The van der Waals surface area contributed by atoms with Crippen LogP contribution >= 0.6 is 11.3 Å². The lowest BCUT2D eigenvalue weighted by Crippen LogP contribution is -2.51. The van der Waals surface area contributed by atoms with Crippen molar-refractivity contribution >= 4 is 29.3 Å². The lowest BCUT2D eigenvalue weighted by molar-refractivity contribution is -0.136. The van der Waals surface area contributed by atoms with Gasteiger partial charge in [0, 0.05) is 31.1 Å². The molecule has 32 heavy (non-hydrogen) atoms. The van der Waals surface area contributed by atoms with Gasteiger partial charge in [0.1, 0.15) is 18.1 Å². The largest absolute Gasteiger partial charge is 0.486 e. The number of rotatable bonds is 5. The Morgan fingerprint density at radius 2 is 1.66 bits per heavy atom. The normalized spacial score (nSPS) is 15.3. The summed E-state index contributed by atoms with van der Waals surface area (Å²) in [6, 6.07) is 9.16. The van der Waals surface area contributed by atoms with Crippen LogP contribution in [0, 0.1) is 0 Å². The van der Waals surface area contributed by atoms with Gasteiger partial charge in [-0.2, -0.15) is 0 Å². The Labute approximate surface area is 189 Å². The van der Waals surface area contributed by atoms with Crippen molar-refractivity contribution in [2.75, 3.05) is 52.6 Å². The number of piperazine rings is 1. The van der Waals surface area contributed by atoms with Crippen molar-refractivity contribution < 1.29 is 33.3 Å². The standard InChI is InChI=1S/C22H24N2O7S/c1-2-28-22(27)24-9-7-23(8-10-24)20(25)14-31-21(26)19-6-5-18(32-19)15-3-4-16-17(13-15)30-12-11-29-16/h3-6,13H,2,7-12,14H2,1H3. The Bertz CT molecular complexity index is 998. The Morgan fingerprint density at radius 3 is 2.41 bits per heavy atom. The molecule has 2 aliphatic heterocycles. The monoisotopic (exact) mass is 460 g/mol. The molecule has 0 atom stereocenters. The molecule has 9 nitrogen and oxygen atoms in total. The molecule has 0 radical (unpaired) electrons. The third-order valence-corrected chi connectivity index (χ3v) is 6.23. The first-order valence-electron chi connectivity index (χ1n) is 10.4. The average Bonchev–Trinajstić information content (AvgIpc) is 3.33. The Morgan fingerprint density at radius 1 is 0.938 bits per heavy atom. The molecule has 0 bridgehead atoms. The number of hydrogen-bond acceptors (Lipinski definition) is 8. The second-order valence-corrected chi connectivity index (χ2v) is 8.25. The SMILES string of the molecule is CCOC(=O)N1CCN(C(=O)COC(=O)c2ccc(-c3ccc4c(c3)OCCO4)s2)CC1. The summed E-state index contributed by atoms with van der Waals surface area (Å²) in [6.45, 7) is 4.29. The fraction of sp³-hybridized carbons (Fsp3) is 0.409. The zero-order chi connectivity index (χ0) is 22.5. The summed E-state index contributed by atoms with van der Waals surface area (Å²) >= 11 is 1.29. The second kappa shape index (κ2) is 9.90. The van der Waals surface area contributed by atoms with E-state index in [1.807, 2.05) is 24.3 Å². The van der Waals surface area contributed by atoms with Crippen LogP contribution in [0.2, 0.25) is 0 Å². The van der Waals surface area contributed by atoms with Gasteiger partial charge in [-0.05, 0) is 42.8 Å². The molecule has 0 aliphatic carbocycles. The van der Waals surface area contributed by atoms with Crippen LogP contribution in [0.15, 0.2) is 30.3 Å². The van der Waals surface area contributed by atoms with E-state index in [0.717, 1.165) is 10.4 Å². The maximum absolute atomic E-state index is 12.4. The van der Waals surface area contributed by atoms with Gasteiger partial charge in [0.2, 0.25) is 0 Å². The number of carbonyl (C=O) groups excluding carboxylic acids is 3. The molecule has 1 fully saturated rings. The predicted octanol–water partition coefficient (Wildman–Crippen LogP) is 2.64. The number of esters is 1. The van der Waals surface area contributed by atoms with Crippen molar-refractivity contribution in [3.8, 4) is 21.9 Å². The van der Waals surface area contributed by atoms with E-state index in [1.54, 1.807) is 22.8 Å². The van der Waals surface area contributed by atoms with E-state index in [0.29, 0.717) is 62.4 Å². The molecule has 10 heteroatoms. The zero-order valence-electron chi connectivity index (χ0n) is 17.7. The highest BCUT2D eigenvalue weighted by Gasteiger charge is 2.25. The maximum Gasteiger partial charge on any atom is 0.409 e. The van der Waals surface area contributed by atoms with Gasteiger partial charge in [-0.25, -0.2) is 9.59 Å². The molecule has 2 aromatic rings. The Hall–Kier alpha value is -3.27. The summed E-state index contributed by atoms with van der Waals surface area (Å²) < 4.78 is 21.3. The summed E-state index contributed by atoms with van der Waals surface area (Å²) in [7, 11) is 0. The van der Waals surface area contributed by atoms with Crippen LogP contribution in [0.5, 0.6) is 11.5 Å². The van der Waals surface area contributed by atoms with Gasteiger partial charge in [-0.3, -0.25) is 4.79 Å². The van der Waals surface area contributed by atoms with Gasteiger partial charge in [-0.15, -0.1) is 11.3 Å². The van der Waals surface area contributed by atoms with E-state index in [2.05, 4.69) is 0 Å². The quantitative estimate of drug-likeness (QED) is 0.633. The third kappa shape index (κ3) is 4.96. The van der Waals surface area contributed by atoms with Gasteiger partial charge in [0.05, 0.1) is 6.61 Å². The van der Waals surface area contributed by atoms with Gasteiger partial charge in [0.15, 0.2) is 18.1 Å². The van der Waals surface area contributed by atoms with E-state index < -0.39 is 5.97 Å². The summed E-state index contributed by atoms with van der Waals surface area (Å²) in [4.78, 5) is 41.0. The van der Waals surface area contributed by atoms with Crippen LogP contribution in [-0.2, 0) is 14.3 Å². The molecular weight excluding hydrogens is 436 g/mol. The summed E-state index contributed by atoms with van der Waals surface area (Å²) in [5, 5.41) is 0. The highest BCUT2D eigenvalue weighted by molar-refractivity contribution is 7.17. The highest BCUT2D eigenvalue weighted by atomic mass is 32.1. The van der Waals surface area contributed by atoms with Crippen LogP contribution < -0.4 is 9.47 Å². The summed E-state index contributed by atoms with van der Waals surface area (Å²) in [5.41, 5.74) is 0.911. The lowest BCUT2D eigenvalue weighted by Gasteiger charge is -2.33. The number of amides is 2. The van der Waals surface area contributed by atoms with Gasteiger partial charge >= 0.3 is 12.1 Å². The summed E-state index contributed by atoms with van der Waals surface area (Å²) in [5.74, 6) is 0.556. The van der Waals surface area contributed by atoms with Crippen molar-refractivity contribution in [3.05, 3.63) is 35.2 Å². The van der Waals surface area contributed by atoms with Gasteiger partial charge < -0.3 is 28.7 Å². The molecule has 3 heterocycles. The van der Waals surface area contributed by atoms with Gasteiger partial charge in [0.25, 0.3) is 5.91 Å². The molecular formula is C22H24N2O7S. The van der Waals surface area contributed by atoms with E-state index in [1.165, 1.54) is 11.3 Å². The highest BCUT2D eigenvalue weighted by Crippen LogP contribution is 2.37. The number of thiophene rings is 1. The lowest BCUT2D eigenvalue weighted by atomic mass is 10.1. The molecule has 0 saturated carbocycles. The first-order valence-corrected chi connectivity index (χ1v) is 11.2. The minimum Gasteiger partial charge on any atom is -0.486 e. The van der Waals surface area contributed by atoms with Crippen molar-refractivity contribution in [1.82, 2.24) is 9.80 Å². The fourth-order valence-electron chi connectivity index (χ4n) is 3.44. The molecule has 1 aromatic heterocycles. The second-order valence-electron chi connectivity index (χ2n) is 7.17. The molecule has 1 aromatic carbocycles. The minimum atomic E-state index is -0.544. The number of nitrogens with zero attached hydrogens (tertiary/aromatic N) is 2. The topological polar surface area (TPSA) is 94.6 Å². The van der Waals surface area contributed by atoms with Crippen LogP contribution in [0.4, 0.5) is 4.79 Å². The van der Waals surface area contributed by atoms with Crippen LogP contribution in [0.3, 0.4) is 0 Å². The Kier molecular flexibility index (Phi) is 6.79. The average molecular weight is 461 g/mol. The predicted molar refractivity (Wildman–Crippen MR) is 116 cm³/mol. The van der Waals surface area contributed by atoms with Gasteiger partial charge in [-0.1, -0.05) is 0 Å². The first-order chi connectivity index (χ1) is 15.5. The molecule has 170 valence electrons. The number of carbonyl (C=O) groups is 3. The van der Waals surface area contributed by atoms with Crippen molar-refractivity contribution in [2.24, 2.45) is 0 Å². The van der Waals surface area contributed by atoms with Crippen molar-refractivity contribution in [1.29, 1.82) is 0 Å². The summed E-state index contributed by atoms with van der Waals surface area (Å²) in [6.07, 6.45) is -0.377. The number of ether oxygens (including phenoxy) is 4. The number of fused-ring (bicyclic) bond motifs is 1. The fourth-order valence-corrected chi connectivity index (χ4v) is 4.34. The van der Waals surface area contributed by atoms with E-state index in [-0.39, 0.29) is 18.6 Å². The molecule has 2 aliphatic rings. The first kappa shape index (κ1) is 21.9. The Balaban J connectivity index is 1.28. The maximum atomic E-state index is 12.4. The van der Waals surface area contributed by atoms with E-state index in [9.17, 15) is 14.4 Å².